The number of hydrogen-bond acceptors (Lipinski definition) is 0. The van der Waals surface area contributed by atoms with Crippen LogP contribution in [0.1, 0.15) is 25.3 Å². The van der Waals surface area contributed by atoms with E-state index in [1.165, 1.54) is 137 Å². The van der Waals surface area contributed by atoms with Gasteiger partial charge in [-0.05, 0) is 149 Å². The van der Waals surface area contributed by atoms with E-state index in [0.717, 1.165) is 0 Å². The number of rotatable bonds is 6. The van der Waals surface area contributed by atoms with Crippen LogP contribution in [-0.4, -0.2) is 0 Å². The van der Waals surface area contributed by atoms with Crippen LogP contribution in [0.5, 0.6) is 0 Å². The van der Waals surface area contributed by atoms with Gasteiger partial charge in [0.25, 0.3) is 0 Å². The number of benzene rings is 11. The topological polar surface area (TPSA) is 0 Å². The summed E-state index contributed by atoms with van der Waals surface area (Å²) < 4.78 is 0. The van der Waals surface area contributed by atoms with Gasteiger partial charge in [-0.1, -0.05) is 220 Å². The monoisotopic (exact) mass is 798 g/mol. The van der Waals surface area contributed by atoms with Gasteiger partial charge in [-0.15, -0.1) is 0 Å². The zero-order chi connectivity index (χ0) is 41.8. The zero-order valence-corrected chi connectivity index (χ0v) is 35.3. The van der Waals surface area contributed by atoms with E-state index in [1.807, 2.05) is 0 Å². The van der Waals surface area contributed by atoms with Crippen molar-refractivity contribution in [2.24, 2.45) is 0 Å². The fourth-order valence-corrected chi connectivity index (χ4v) is 11.4. The molecule has 63 heavy (non-hydrogen) atoms. The SMILES string of the molecule is CC(C)c1ccccc1-c1ccc2c3c(-c4ccccc4-c4ccccc4)c4cc5c6ccccc6c6cccc(c4c(-c4ccccc4-c4ccccc4)c3c3cccc1c23)c65. The fourth-order valence-electron chi connectivity index (χ4n) is 11.4. The Bertz CT molecular complexity index is 3910. The highest BCUT2D eigenvalue weighted by Crippen LogP contribution is 2.57. The summed E-state index contributed by atoms with van der Waals surface area (Å²) in [6, 6.07) is 79.7. The highest BCUT2D eigenvalue weighted by molar-refractivity contribution is 6.45. The van der Waals surface area contributed by atoms with E-state index in [4.69, 9.17) is 0 Å². The molecule has 0 spiro atoms. The smallest absolute Gasteiger partial charge is 0.000696 e. The predicted octanol–water partition coefficient (Wildman–Crippen LogP) is 18.1. The lowest BCUT2D eigenvalue weighted by Crippen LogP contribution is -1.94. The second-order valence-corrected chi connectivity index (χ2v) is 17.6. The van der Waals surface area contributed by atoms with Crippen molar-refractivity contribution in [3.8, 4) is 55.6 Å². The van der Waals surface area contributed by atoms with Crippen LogP contribution in [0.4, 0.5) is 0 Å². The molecule has 13 rings (SSSR count). The molecule has 13 aromatic carbocycles. The lowest BCUT2D eigenvalue weighted by Gasteiger charge is -2.22. The van der Waals surface area contributed by atoms with Gasteiger partial charge in [0.1, 0.15) is 0 Å². The molecule has 0 aliphatic heterocycles. The Kier molecular flexibility index (Phi) is 7.90. The molecule has 294 valence electrons. The van der Waals surface area contributed by atoms with E-state index >= 15 is 0 Å². The van der Waals surface area contributed by atoms with Crippen molar-refractivity contribution in [1.82, 2.24) is 0 Å². The van der Waals surface area contributed by atoms with Crippen molar-refractivity contribution >= 4 is 75.4 Å². The Morgan fingerprint density at radius 2 is 0.683 bits per heavy atom. The van der Waals surface area contributed by atoms with Crippen LogP contribution in [0.2, 0.25) is 0 Å². The van der Waals surface area contributed by atoms with Crippen LogP contribution >= 0.6 is 0 Å². The van der Waals surface area contributed by atoms with Gasteiger partial charge in [0.2, 0.25) is 0 Å². The summed E-state index contributed by atoms with van der Waals surface area (Å²) in [5, 5.41) is 18.3. The maximum atomic E-state index is 2.56. The minimum Gasteiger partial charge on any atom is -0.0622 e. The molecule has 0 heteroatoms. The molecule has 0 saturated carbocycles. The van der Waals surface area contributed by atoms with Gasteiger partial charge in [-0.25, -0.2) is 0 Å². The molecule has 0 nitrogen and oxygen atoms in total. The quantitative estimate of drug-likeness (QED) is 0.147. The van der Waals surface area contributed by atoms with Gasteiger partial charge < -0.3 is 0 Å². The first-order valence-corrected chi connectivity index (χ1v) is 22.3. The summed E-state index contributed by atoms with van der Waals surface area (Å²) in [5.74, 6) is 0.393. The van der Waals surface area contributed by atoms with Crippen LogP contribution in [0.3, 0.4) is 0 Å². The molecule has 0 aliphatic rings. The van der Waals surface area contributed by atoms with Gasteiger partial charge in [-0.3, -0.25) is 0 Å². The minimum absolute atomic E-state index is 0.393. The third-order valence-corrected chi connectivity index (χ3v) is 14.0. The lowest BCUT2D eigenvalue weighted by atomic mass is 9.81. The fraction of sp³-hybridized carbons (Fsp3) is 0.0476. The van der Waals surface area contributed by atoms with E-state index < -0.39 is 0 Å². The number of fused-ring (bicyclic) bond motifs is 8. The van der Waals surface area contributed by atoms with E-state index in [1.54, 1.807) is 0 Å². The predicted molar refractivity (Wildman–Crippen MR) is 273 cm³/mol. The lowest BCUT2D eigenvalue weighted by molar-refractivity contribution is 0.869. The van der Waals surface area contributed by atoms with Crippen LogP contribution < -0.4 is 0 Å². The zero-order valence-electron chi connectivity index (χ0n) is 35.3. The van der Waals surface area contributed by atoms with Crippen molar-refractivity contribution in [3.63, 3.8) is 0 Å². The van der Waals surface area contributed by atoms with Crippen LogP contribution in [0, 0.1) is 0 Å². The second kappa shape index (κ2) is 13.9. The summed E-state index contributed by atoms with van der Waals surface area (Å²) in [7, 11) is 0. The van der Waals surface area contributed by atoms with E-state index in [2.05, 4.69) is 226 Å². The molecule has 0 unspecified atom stereocenters. The Balaban J connectivity index is 1.33. The second-order valence-electron chi connectivity index (χ2n) is 17.6. The van der Waals surface area contributed by atoms with Gasteiger partial charge in [0.15, 0.2) is 0 Å². The molecule has 0 radical (unpaired) electrons. The highest BCUT2D eigenvalue weighted by Gasteiger charge is 2.29. The minimum atomic E-state index is 0.393. The summed E-state index contributed by atoms with van der Waals surface area (Å²) in [6.07, 6.45) is 0. The standard InChI is InChI=1S/C63H42/c1-38(2)41-23-9-12-26-44(41)47-35-36-54-57-51(47)32-18-34-53(57)63-61(49-30-16-11-25-43(49)40-21-7-4-8-22-40)60-52-33-17-31-50-45-27-13-14-28-46(45)55(58(50)52)37-56(60)59(62(54)63)48-29-15-10-24-42(48)39-19-5-3-6-20-39/h3-38H,1-2H3. The van der Waals surface area contributed by atoms with E-state index in [-0.39, 0.29) is 0 Å². The molecule has 13 aromatic rings. The molecule has 0 saturated heterocycles. The van der Waals surface area contributed by atoms with Gasteiger partial charge >= 0.3 is 0 Å². The van der Waals surface area contributed by atoms with Crippen LogP contribution in [0.15, 0.2) is 212 Å². The van der Waals surface area contributed by atoms with Gasteiger partial charge in [0, 0.05) is 0 Å². The maximum absolute atomic E-state index is 2.56. The normalized spacial score (nSPS) is 12.1. The molecule has 0 fully saturated rings. The molecule has 0 amide bonds. The first-order chi connectivity index (χ1) is 31.2. The molecule has 0 atom stereocenters. The van der Waals surface area contributed by atoms with Gasteiger partial charge in [0.05, 0.1) is 0 Å². The average Bonchev–Trinajstić information content (AvgIpc) is 3.85. The van der Waals surface area contributed by atoms with Crippen molar-refractivity contribution in [3.05, 3.63) is 218 Å². The van der Waals surface area contributed by atoms with Crippen molar-refractivity contribution in [1.29, 1.82) is 0 Å². The molecule has 0 bridgehead atoms. The Morgan fingerprint density at radius 3 is 1.33 bits per heavy atom. The largest absolute Gasteiger partial charge is 0.0622 e. The first kappa shape index (κ1) is 35.9. The molecule has 0 aromatic heterocycles. The van der Waals surface area contributed by atoms with E-state index in [0.29, 0.717) is 5.92 Å². The van der Waals surface area contributed by atoms with Crippen LogP contribution in [-0.2, 0) is 0 Å². The molecule has 0 N–H and O–H groups in total. The summed E-state index contributed by atoms with van der Waals surface area (Å²) in [4.78, 5) is 0. The third-order valence-electron chi connectivity index (χ3n) is 14.0. The van der Waals surface area contributed by atoms with E-state index in [9.17, 15) is 0 Å². The first-order valence-electron chi connectivity index (χ1n) is 22.3. The average molecular weight is 799 g/mol. The highest BCUT2D eigenvalue weighted by atomic mass is 14.3. The van der Waals surface area contributed by atoms with Crippen molar-refractivity contribution in [2.75, 3.05) is 0 Å². The summed E-state index contributed by atoms with van der Waals surface area (Å²) in [5.41, 5.74) is 14.0. The summed E-state index contributed by atoms with van der Waals surface area (Å²) in [6.45, 7) is 4.62. The molecule has 0 aliphatic carbocycles. The van der Waals surface area contributed by atoms with Crippen molar-refractivity contribution < 1.29 is 0 Å². The van der Waals surface area contributed by atoms with Crippen LogP contribution in [0.25, 0.3) is 131 Å². The van der Waals surface area contributed by atoms with Gasteiger partial charge in [-0.2, -0.15) is 0 Å². The summed E-state index contributed by atoms with van der Waals surface area (Å²) >= 11 is 0. The maximum Gasteiger partial charge on any atom is -0.000696 e. The van der Waals surface area contributed by atoms with Crippen molar-refractivity contribution in [2.45, 2.75) is 19.8 Å². The Labute approximate surface area is 367 Å². The Hall–Kier alpha value is -7.80. The third kappa shape index (κ3) is 5.16. The molecular weight excluding hydrogens is 757 g/mol. The molecule has 0 heterocycles. The number of hydrogen-bond donors (Lipinski definition) is 0. The Morgan fingerprint density at radius 1 is 0.238 bits per heavy atom. The molecular formula is C63H42.